The maximum absolute atomic E-state index is 11.6. The summed E-state index contributed by atoms with van der Waals surface area (Å²) in [5.41, 5.74) is 0.0811. The lowest BCUT2D eigenvalue weighted by Crippen LogP contribution is -2.28. The van der Waals surface area contributed by atoms with Crippen LogP contribution in [0.3, 0.4) is 0 Å². The average Bonchev–Trinajstić information content (AvgIpc) is 2.34. The van der Waals surface area contributed by atoms with Gasteiger partial charge in [-0.15, -0.1) is 0 Å². The van der Waals surface area contributed by atoms with Crippen LogP contribution in [0.25, 0.3) is 0 Å². The topological polar surface area (TPSA) is 52.3 Å². The number of esters is 1. The molecular formula is C6H4F3NO3. The number of hydrogen-bond acceptors (Lipinski definition) is 4. The van der Waals surface area contributed by atoms with Crippen LogP contribution >= 0.6 is 0 Å². The Balaban J connectivity index is 2.71. The molecule has 7 heteroatoms. The fourth-order valence-corrected chi connectivity index (χ4v) is 0.539. The van der Waals surface area contributed by atoms with Crippen molar-refractivity contribution >= 4 is 5.97 Å². The minimum Gasteiger partial charge on any atom is -0.414 e. The second-order valence-corrected chi connectivity index (χ2v) is 2.15. The third-order valence-electron chi connectivity index (χ3n) is 1.14. The Kier molecular flexibility index (Phi) is 2.26. The second kappa shape index (κ2) is 3.08. The number of rotatable bonds is 1. The number of aryl methyl sites for hydroxylation is 1. The Hall–Kier alpha value is -1.53. The Labute approximate surface area is 70.3 Å². The van der Waals surface area contributed by atoms with Crippen LogP contribution < -0.4 is 4.74 Å². The molecule has 72 valence electrons. The van der Waals surface area contributed by atoms with E-state index in [1.165, 1.54) is 6.92 Å². The average molecular weight is 195 g/mol. The molecule has 0 saturated heterocycles. The summed E-state index contributed by atoms with van der Waals surface area (Å²) >= 11 is 0. The molecule has 4 nitrogen and oxygen atoms in total. The van der Waals surface area contributed by atoms with Crippen molar-refractivity contribution in [2.24, 2.45) is 0 Å². The summed E-state index contributed by atoms with van der Waals surface area (Å²) in [6, 6.07) is 0. The molecule has 0 unspecified atom stereocenters. The molecule has 0 aromatic carbocycles. The van der Waals surface area contributed by atoms with E-state index in [1.54, 1.807) is 0 Å². The summed E-state index contributed by atoms with van der Waals surface area (Å²) in [5.74, 6) is -2.62. The van der Waals surface area contributed by atoms with E-state index < -0.39 is 12.1 Å². The zero-order valence-corrected chi connectivity index (χ0v) is 6.38. The predicted octanol–water partition coefficient (Wildman–Crippen LogP) is 1.45. The molecule has 0 N–H and O–H groups in total. The third-order valence-corrected chi connectivity index (χ3v) is 1.14. The second-order valence-electron chi connectivity index (χ2n) is 2.15. The Morgan fingerprint density at radius 3 is 2.62 bits per heavy atom. The smallest absolute Gasteiger partial charge is 0.414 e. The SMILES string of the molecule is Cc1nocc1OC(=O)C(F)(F)F. The van der Waals surface area contributed by atoms with Crippen LogP contribution in [-0.4, -0.2) is 17.3 Å². The van der Waals surface area contributed by atoms with Gasteiger partial charge in [0, 0.05) is 0 Å². The quantitative estimate of drug-likeness (QED) is 0.636. The number of ether oxygens (including phenoxy) is 1. The zero-order valence-electron chi connectivity index (χ0n) is 6.38. The van der Waals surface area contributed by atoms with Gasteiger partial charge in [0.25, 0.3) is 0 Å². The number of carbonyl (C=O) groups is 1. The zero-order chi connectivity index (χ0) is 10.1. The molecule has 0 aliphatic carbocycles. The number of aromatic nitrogens is 1. The van der Waals surface area contributed by atoms with Crippen molar-refractivity contribution in [2.75, 3.05) is 0 Å². The summed E-state index contributed by atoms with van der Waals surface area (Å²) in [5, 5.41) is 3.23. The lowest BCUT2D eigenvalue weighted by Gasteiger charge is -2.03. The summed E-state index contributed by atoms with van der Waals surface area (Å²) in [4.78, 5) is 10.3. The molecule has 0 saturated carbocycles. The van der Waals surface area contributed by atoms with Gasteiger partial charge < -0.3 is 9.26 Å². The first kappa shape index (κ1) is 9.56. The molecule has 0 aliphatic heterocycles. The van der Waals surface area contributed by atoms with Crippen LogP contribution in [0.5, 0.6) is 5.75 Å². The van der Waals surface area contributed by atoms with Gasteiger partial charge in [-0.25, -0.2) is 4.79 Å². The number of hydrogen-bond donors (Lipinski definition) is 0. The van der Waals surface area contributed by atoms with Gasteiger partial charge >= 0.3 is 12.1 Å². The van der Waals surface area contributed by atoms with Crippen LogP contribution in [-0.2, 0) is 4.79 Å². The normalized spacial score (nSPS) is 11.4. The molecule has 0 aliphatic rings. The first-order valence-electron chi connectivity index (χ1n) is 3.11. The molecule has 0 atom stereocenters. The maximum Gasteiger partial charge on any atom is 0.491 e. The molecule has 0 radical (unpaired) electrons. The van der Waals surface area contributed by atoms with Crippen molar-refractivity contribution in [2.45, 2.75) is 13.1 Å². The molecule has 1 rings (SSSR count). The fraction of sp³-hybridized carbons (Fsp3) is 0.333. The molecule has 1 aromatic rings. The van der Waals surface area contributed by atoms with Crippen LogP contribution in [0.15, 0.2) is 10.8 Å². The largest absolute Gasteiger partial charge is 0.491 e. The fourth-order valence-electron chi connectivity index (χ4n) is 0.539. The van der Waals surface area contributed by atoms with Crippen LogP contribution in [0.2, 0.25) is 0 Å². The number of alkyl halides is 3. The number of nitrogens with zero attached hydrogens (tertiary/aromatic N) is 1. The molecule has 13 heavy (non-hydrogen) atoms. The van der Waals surface area contributed by atoms with Gasteiger partial charge in [0.05, 0.1) is 0 Å². The molecule has 0 amide bonds. The Morgan fingerprint density at radius 2 is 2.23 bits per heavy atom. The summed E-state index contributed by atoms with van der Waals surface area (Å²) in [6.45, 7) is 1.35. The summed E-state index contributed by atoms with van der Waals surface area (Å²) < 4.78 is 43.1. The van der Waals surface area contributed by atoms with Crippen LogP contribution in [0, 0.1) is 6.92 Å². The van der Waals surface area contributed by atoms with Crippen molar-refractivity contribution in [3.05, 3.63) is 12.0 Å². The highest BCUT2D eigenvalue weighted by Gasteiger charge is 2.41. The van der Waals surface area contributed by atoms with E-state index in [1.807, 2.05) is 0 Å². The van der Waals surface area contributed by atoms with Gasteiger partial charge in [0.15, 0.2) is 12.0 Å². The highest BCUT2D eigenvalue weighted by molar-refractivity contribution is 5.78. The van der Waals surface area contributed by atoms with E-state index >= 15 is 0 Å². The first-order chi connectivity index (χ1) is 5.91. The molecule has 1 heterocycles. The van der Waals surface area contributed by atoms with E-state index in [0.717, 1.165) is 6.26 Å². The third kappa shape index (κ3) is 2.20. The maximum atomic E-state index is 11.6. The van der Waals surface area contributed by atoms with E-state index in [-0.39, 0.29) is 11.4 Å². The number of halogens is 3. The minimum absolute atomic E-state index is 0.0811. The molecule has 0 spiro atoms. The predicted molar refractivity (Wildman–Crippen MR) is 32.9 cm³/mol. The molecule has 0 bridgehead atoms. The lowest BCUT2D eigenvalue weighted by atomic mass is 10.4. The van der Waals surface area contributed by atoms with Gasteiger partial charge in [-0.05, 0) is 6.92 Å². The Morgan fingerprint density at radius 1 is 1.62 bits per heavy atom. The van der Waals surface area contributed by atoms with Gasteiger partial charge in [0.1, 0.15) is 5.69 Å². The summed E-state index contributed by atoms with van der Waals surface area (Å²) in [6.07, 6.45) is -4.19. The van der Waals surface area contributed by atoms with E-state index in [9.17, 15) is 18.0 Å². The van der Waals surface area contributed by atoms with E-state index in [4.69, 9.17) is 0 Å². The van der Waals surface area contributed by atoms with Gasteiger partial charge in [0.2, 0.25) is 0 Å². The standard InChI is InChI=1S/C6H4F3NO3/c1-3-4(2-12-10-3)13-5(11)6(7,8)9/h2H,1H3. The monoisotopic (exact) mass is 195 g/mol. The minimum atomic E-state index is -5.01. The first-order valence-corrected chi connectivity index (χ1v) is 3.11. The van der Waals surface area contributed by atoms with Crippen molar-refractivity contribution < 1.29 is 27.2 Å². The van der Waals surface area contributed by atoms with Crippen molar-refractivity contribution in [3.8, 4) is 5.75 Å². The van der Waals surface area contributed by atoms with E-state index in [2.05, 4.69) is 14.4 Å². The van der Waals surface area contributed by atoms with Crippen molar-refractivity contribution in [3.63, 3.8) is 0 Å². The van der Waals surface area contributed by atoms with Crippen LogP contribution in [0.1, 0.15) is 5.69 Å². The highest BCUT2D eigenvalue weighted by Crippen LogP contribution is 2.21. The van der Waals surface area contributed by atoms with Gasteiger partial charge in [-0.3, -0.25) is 0 Å². The van der Waals surface area contributed by atoms with Gasteiger partial charge in [-0.1, -0.05) is 5.16 Å². The van der Waals surface area contributed by atoms with Crippen LogP contribution in [0.4, 0.5) is 13.2 Å². The molecule has 0 fully saturated rings. The summed E-state index contributed by atoms with van der Waals surface area (Å²) in [7, 11) is 0. The van der Waals surface area contributed by atoms with Gasteiger partial charge in [-0.2, -0.15) is 13.2 Å². The van der Waals surface area contributed by atoms with Crippen molar-refractivity contribution in [1.29, 1.82) is 0 Å². The molecular weight excluding hydrogens is 191 g/mol. The Bertz CT molecular complexity index is 317. The lowest BCUT2D eigenvalue weighted by molar-refractivity contribution is -0.189. The van der Waals surface area contributed by atoms with Crippen molar-refractivity contribution in [1.82, 2.24) is 5.16 Å². The van der Waals surface area contributed by atoms with E-state index in [0.29, 0.717) is 0 Å². The highest BCUT2D eigenvalue weighted by atomic mass is 19.4. The molecule has 1 aromatic heterocycles. The number of carbonyl (C=O) groups excluding carboxylic acids is 1.